The summed E-state index contributed by atoms with van der Waals surface area (Å²) in [5.74, 6) is 0.210. The Balaban J connectivity index is 1.92. The predicted octanol–water partition coefficient (Wildman–Crippen LogP) is 1.99. The number of anilines is 1. The van der Waals surface area contributed by atoms with Crippen molar-refractivity contribution in [3.63, 3.8) is 0 Å². The largest absolute Gasteiger partial charge is 0.494 e. The number of urea groups is 1. The number of imide groups is 1. The Bertz CT molecular complexity index is 613. The first-order chi connectivity index (χ1) is 11.4. The molecule has 1 atom stereocenters. The number of nitrogens with one attached hydrogen (secondary N) is 2. The summed E-state index contributed by atoms with van der Waals surface area (Å²) in [5.41, 5.74) is 0.578. The van der Waals surface area contributed by atoms with E-state index in [0.717, 1.165) is 4.90 Å². The predicted molar refractivity (Wildman–Crippen MR) is 89.7 cm³/mol. The average Bonchev–Trinajstić information content (AvgIpc) is 2.76. The van der Waals surface area contributed by atoms with E-state index in [-0.39, 0.29) is 18.4 Å². The highest BCUT2D eigenvalue weighted by atomic mass is 16.5. The Kier molecular flexibility index (Phi) is 5.78. The van der Waals surface area contributed by atoms with Crippen molar-refractivity contribution in [3.8, 4) is 5.75 Å². The molecule has 0 spiro atoms. The van der Waals surface area contributed by atoms with Crippen LogP contribution in [0.25, 0.3) is 0 Å². The van der Waals surface area contributed by atoms with Crippen LogP contribution in [0.4, 0.5) is 10.5 Å². The fraction of sp³-hybridized carbons (Fsp3) is 0.471. The highest BCUT2D eigenvalue weighted by molar-refractivity contribution is 6.07. The van der Waals surface area contributed by atoms with E-state index in [1.165, 1.54) is 0 Å². The number of nitrogens with zero attached hydrogens (tertiary/aromatic N) is 1. The number of rotatable bonds is 7. The molecule has 0 aromatic heterocycles. The van der Waals surface area contributed by atoms with Gasteiger partial charge in [-0.15, -0.1) is 0 Å². The summed E-state index contributed by atoms with van der Waals surface area (Å²) in [6.45, 7) is 6.10. The lowest BCUT2D eigenvalue weighted by molar-refractivity contribution is -0.131. The van der Waals surface area contributed by atoms with Crippen LogP contribution in [0.5, 0.6) is 5.75 Å². The second-order valence-corrected chi connectivity index (χ2v) is 6.06. The standard InChI is InChI=1S/C17H23N3O4/c1-4-24-13-7-5-12(6-8-13)18-15(21)10-20-16(22)14(9-11(2)3)19-17(20)23/h5-8,11,14H,4,9-10H2,1-3H3,(H,18,21)(H,19,23)/t14-/m0/s1. The summed E-state index contributed by atoms with van der Waals surface area (Å²) in [7, 11) is 0. The molecule has 0 aliphatic carbocycles. The third kappa shape index (κ3) is 4.47. The van der Waals surface area contributed by atoms with Crippen molar-refractivity contribution in [2.24, 2.45) is 5.92 Å². The molecule has 7 heteroatoms. The number of hydrogen-bond acceptors (Lipinski definition) is 4. The van der Waals surface area contributed by atoms with E-state index in [1.807, 2.05) is 20.8 Å². The van der Waals surface area contributed by atoms with Gasteiger partial charge in [-0.2, -0.15) is 0 Å². The number of benzene rings is 1. The molecule has 1 saturated heterocycles. The second-order valence-electron chi connectivity index (χ2n) is 6.06. The zero-order valence-corrected chi connectivity index (χ0v) is 14.2. The van der Waals surface area contributed by atoms with Gasteiger partial charge in [0, 0.05) is 5.69 Å². The first-order valence-electron chi connectivity index (χ1n) is 8.05. The fourth-order valence-corrected chi connectivity index (χ4v) is 2.50. The number of hydrogen-bond donors (Lipinski definition) is 2. The Labute approximate surface area is 141 Å². The molecular formula is C17H23N3O4. The van der Waals surface area contributed by atoms with Crippen LogP contribution in [-0.4, -0.2) is 41.9 Å². The Morgan fingerprint density at radius 3 is 2.54 bits per heavy atom. The molecule has 4 amide bonds. The van der Waals surface area contributed by atoms with Gasteiger partial charge in [-0.3, -0.25) is 14.5 Å². The van der Waals surface area contributed by atoms with Gasteiger partial charge in [0.1, 0.15) is 18.3 Å². The molecule has 0 bridgehead atoms. The smallest absolute Gasteiger partial charge is 0.325 e. The van der Waals surface area contributed by atoms with Gasteiger partial charge in [-0.25, -0.2) is 4.79 Å². The van der Waals surface area contributed by atoms with E-state index in [2.05, 4.69) is 10.6 Å². The zero-order valence-electron chi connectivity index (χ0n) is 14.2. The highest BCUT2D eigenvalue weighted by Crippen LogP contribution is 2.17. The molecule has 2 rings (SSSR count). The molecule has 1 aromatic carbocycles. The van der Waals surface area contributed by atoms with E-state index >= 15 is 0 Å². The molecular weight excluding hydrogens is 310 g/mol. The molecule has 0 unspecified atom stereocenters. The van der Waals surface area contributed by atoms with Crippen molar-refractivity contribution >= 4 is 23.5 Å². The molecule has 1 heterocycles. The van der Waals surface area contributed by atoms with Crippen LogP contribution < -0.4 is 15.4 Å². The van der Waals surface area contributed by atoms with Crippen LogP contribution in [0, 0.1) is 5.92 Å². The van der Waals surface area contributed by atoms with Crippen molar-refractivity contribution in [1.82, 2.24) is 10.2 Å². The number of amides is 4. The van der Waals surface area contributed by atoms with E-state index in [4.69, 9.17) is 4.74 Å². The van der Waals surface area contributed by atoms with Gasteiger partial charge in [0.25, 0.3) is 5.91 Å². The van der Waals surface area contributed by atoms with Gasteiger partial charge in [0.15, 0.2) is 0 Å². The maximum absolute atomic E-state index is 12.2. The molecule has 1 aliphatic rings. The first-order valence-corrected chi connectivity index (χ1v) is 8.05. The Hall–Kier alpha value is -2.57. The number of carbonyl (C=O) groups is 3. The summed E-state index contributed by atoms with van der Waals surface area (Å²) in [4.78, 5) is 37.1. The molecule has 1 aliphatic heterocycles. The minimum absolute atomic E-state index is 0.275. The topological polar surface area (TPSA) is 87.7 Å². The van der Waals surface area contributed by atoms with E-state index in [1.54, 1.807) is 24.3 Å². The van der Waals surface area contributed by atoms with Gasteiger partial charge >= 0.3 is 6.03 Å². The monoisotopic (exact) mass is 333 g/mol. The molecule has 2 N–H and O–H groups in total. The SMILES string of the molecule is CCOc1ccc(NC(=O)CN2C(=O)N[C@@H](CC(C)C)C2=O)cc1. The quantitative estimate of drug-likeness (QED) is 0.747. The highest BCUT2D eigenvalue weighted by Gasteiger charge is 2.38. The molecule has 7 nitrogen and oxygen atoms in total. The van der Waals surface area contributed by atoms with Gasteiger partial charge in [0.2, 0.25) is 5.91 Å². The Morgan fingerprint density at radius 2 is 1.96 bits per heavy atom. The fourth-order valence-electron chi connectivity index (χ4n) is 2.50. The second kappa shape index (κ2) is 7.81. The van der Waals surface area contributed by atoms with Crippen LogP contribution in [0.1, 0.15) is 27.2 Å². The van der Waals surface area contributed by atoms with Gasteiger partial charge in [-0.05, 0) is 43.5 Å². The molecule has 1 aromatic rings. The van der Waals surface area contributed by atoms with Crippen LogP contribution in [0.2, 0.25) is 0 Å². The summed E-state index contributed by atoms with van der Waals surface area (Å²) >= 11 is 0. The minimum atomic E-state index is -0.546. The number of ether oxygens (including phenoxy) is 1. The van der Waals surface area contributed by atoms with Crippen molar-refractivity contribution in [3.05, 3.63) is 24.3 Å². The summed E-state index contributed by atoms with van der Waals surface area (Å²) in [6.07, 6.45) is 0.557. The van der Waals surface area contributed by atoms with Crippen molar-refractivity contribution in [1.29, 1.82) is 0 Å². The van der Waals surface area contributed by atoms with Crippen molar-refractivity contribution < 1.29 is 19.1 Å². The average molecular weight is 333 g/mol. The van der Waals surface area contributed by atoms with Crippen LogP contribution in [0.3, 0.4) is 0 Å². The van der Waals surface area contributed by atoms with Gasteiger partial charge in [0.05, 0.1) is 6.61 Å². The van der Waals surface area contributed by atoms with Crippen LogP contribution in [-0.2, 0) is 9.59 Å². The van der Waals surface area contributed by atoms with Gasteiger partial charge in [-0.1, -0.05) is 13.8 Å². The molecule has 1 fully saturated rings. The normalized spacial score (nSPS) is 17.2. The number of carbonyl (C=O) groups excluding carboxylic acids is 3. The summed E-state index contributed by atoms with van der Waals surface area (Å²) in [6, 6.07) is 5.83. The van der Waals surface area contributed by atoms with Crippen LogP contribution >= 0.6 is 0 Å². The summed E-state index contributed by atoms with van der Waals surface area (Å²) in [5, 5.41) is 5.28. The van der Waals surface area contributed by atoms with Crippen LogP contribution in [0.15, 0.2) is 24.3 Å². The minimum Gasteiger partial charge on any atom is -0.494 e. The van der Waals surface area contributed by atoms with Crippen molar-refractivity contribution in [2.45, 2.75) is 33.2 Å². The molecule has 0 saturated carbocycles. The lowest BCUT2D eigenvalue weighted by Crippen LogP contribution is -2.38. The van der Waals surface area contributed by atoms with E-state index in [0.29, 0.717) is 24.5 Å². The molecule has 24 heavy (non-hydrogen) atoms. The van der Waals surface area contributed by atoms with E-state index < -0.39 is 18.0 Å². The third-order valence-corrected chi connectivity index (χ3v) is 3.56. The van der Waals surface area contributed by atoms with E-state index in [9.17, 15) is 14.4 Å². The first kappa shape index (κ1) is 17.8. The lowest BCUT2D eigenvalue weighted by atomic mass is 10.0. The Morgan fingerprint density at radius 1 is 1.29 bits per heavy atom. The molecule has 0 radical (unpaired) electrons. The van der Waals surface area contributed by atoms with Gasteiger partial charge < -0.3 is 15.4 Å². The maximum atomic E-state index is 12.2. The lowest BCUT2D eigenvalue weighted by Gasteiger charge is -2.14. The maximum Gasteiger partial charge on any atom is 0.325 e. The zero-order chi connectivity index (χ0) is 17.7. The molecule has 130 valence electrons. The van der Waals surface area contributed by atoms with Crippen molar-refractivity contribution in [2.75, 3.05) is 18.5 Å². The summed E-state index contributed by atoms with van der Waals surface area (Å²) < 4.78 is 5.33. The third-order valence-electron chi connectivity index (χ3n) is 3.56.